The van der Waals surface area contributed by atoms with Crippen molar-refractivity contribution in [3.05, 3.63) is 64.1 Å². The third-order valence-corrected chi connectivity index (χ3v) is 8.88. The Morgan fingerprint density at radius 1 is 1.07 bits per heavy atom. The lowest BCUT2D eigenvalue weighted by Crippen LogP contribution is -2.47. The lowest BCUT2D eigenvalue weighted by Gasteiger charge is -2.31. The van der Waals surface area contributed by atoms with E-state index in [9.17, 15) is 18.0 Å². The summed E-state index contributed by atoms with van der Waals surface area (Å²) >= 11 is 0. The van der Waals surface area contributed by atoms with Gasteiger partial charge in [0.05, 0.1) is 22.8 Å². The molecule has 1 saturated heterocycles. The molecule has 1 fully saturated rings. The maximum atomic E-state index is 13.3. The Kier molecular flexibility index (Phi) is 9.84. The number of aromatic amines is 1. The number of ether oxygens (including phenoxy) is 1. The third-order valence-electron chi connectivity index (χ3n) is 6.99. The molecule has 3 heterocycles. The number of nitrogens with zero attached hydrogens (tertiary/aromatic N) is 5. The number of rotatable bonds is 8. The zero-order valence-corrected chi connectivity index (χ0v) is 25.4. The van der Waals surface area contributed by atoms with Crippen molar-refractivity contribution in [2.45, 2.75) is 31.6 Å². The highest BCUT2D eigenvalue weighted by atomic mass is 32.2. The number of piperazine rings is 1. The first-order valence-electron chi connectivity index (χ1n) is 13.9. The van der Waals surface area contributed by atoms with Gasteiger partial charge in [-0.25, -0.2) is 18.2 Å². The number of likely N-dealkylation sites (N-methyl/N-ethyl adjacent to an activating group) is 1. The molecule has 2 aromatic carbocycles. The maximum Gasteiger partial charge on any atom is 0.339 e. The van der Waals surface area contributed by atoms with Crippen molar-refractivity contribution in [3.63, 3.8) is 0 Å². The molecule has 13 nitrogen and oxygen atoms in total. The molecule has 0 spiro atoms. The van der Waals surface area contributed by atoms with E-state index >= 15 is 0 Å². The lowest BCUT2D eigenvalue weighted by atomic mass is 10.1. The van der Waals surface area contributed by atoms with Crippen LogP contribution in [0.15, 0.2) is 52.2 Å². The Labute approximate surface area is 249 Å². The zero-order valence-electron chi connectivity index (χ0n) is 24.6. The Bertz CT molecular complexity index is 1780. The van der Waals surface area contributed by atoms with E-state index in [1.807, 2.05) is 20.9 Å². The number of aromatic carboxylic acids is 1. The fraction of sp³-hybridized carbons (Fsp3) is 0.379. The summed E-state index contributed by atoms with van der Waals surface area (Å²) in [6, 6.07) is 10.5. The van der Waals surface area contributed by atoms with Crippen molar-refractivity contribution in [3.8, 4) is 22.9 Å². The van der Waals surface area contributed by atoms with E-state index in [1.165, 1.54) is 21.1 Å². The van der Waals surface area contributed by atoms with Gasteiger partial charge >= 0.3 is 5.97 Å². The van der Waals surface area contributed by atoms with Crippen LogP contribution in [0.1, 0.15) is 36.3 Å². The Balaban J connectivity index is 0.000000359. The predicted molar refractivity (Wildman–Crippen MR) is 161 cm³/mol. The first-order chi connectivity index (χ1) is 20.5. The largest absolute Gasteiger partial charge is 0.507 e. The molecule has 0 bridgehead atoms. The number of nitrogens with one attached hydrogen (secondary N) is 1. The molecule has 0 atom stereocenters. The van der Waals surface area contributed by atoms with E-state index in [4.69, 9.17) is 19.9 Å². The summed E-state index contributed by atoms with van der Waals surface area (Å²) in [5.41, 5.74) is 1.68. The minimum Gasteiger partial charge on any atom is -0.507 e. The van der Waals surface area contributed by atoms with Crippen molar-refractivity contribution >= 4 is 27.0 Å². The van der Waals surface area contributed by atoms with E-state index in [-0.39, 0.29) is 27.6 Å². The third kappa shape index (κ3) is 6.87. The van der Waals surface area contributed by atoms with Crippen LogP contribution in [0.5, 0.6) is 11.5 Å². The molecule has 0 radical (unpaired) electrons. The summed E-state index contributed by atoms with van der Waals surface area (Å²) in [5, 5.41) is 21.8. The Morgan fingerprint density at radius 3 is 2.37 bits per heavy atom. The van der Waals surface area contributed by atoms with Crippen LogP contribution < -0.4 is 10.3 Å². The number of aryl methyl sites for hydroxylation is 2. The second kappa shape index (κ2) is 13.4. The SMILES string of the molecule is CCCc1nn(C)c2c(=O)[nH]c(-c3cc(S(=O)(=O)N4CCN(C)CC4)ccc3OCC)nc12.O=C(O)c1ccccc1O. The molecule has 0 aliphatic carbocycles. The van der Waals surface area contributed by atoms with Gasteiger partial charge in [0.2, 0.25) is 10.0 Å². The summed E-state index contributed by atoms with van der Waals surface area (Å²) in [7, 11) is -0.00831. The number of phenols is 1. The van der Waals surface area contributed by atoms with Crippen LogP contribution in [0, 0.1) is 0 Å². The lowest BCUT2D eigenvalue weighted by molar-refractivity contribution is 0.0693. The molecule has 4 aromatic rings. The van der Waals surface area contributed by atoms with Crippen molar-refractivity contribution in [1.82, 2.24) is 29.0 Å². The fourth-order valence-electron chi connectivity index (χ4n) is 4.75. The summed E-state index contributed by atoms with van der Waals surface area (Å²) in [6.45, 7) is 6.48. The van der Waals surface area contributed by atoms with Crippen molar-refractivity contribution < 1.29 is 28.2 Å². The molecule has 14 heteroatoms. The van der Waals surface area contributed by atoms with Crippen LogP contribution in [-0.2, 0) is 23.5 Å². The molecule has 0 saturated carbocycles. The second-order valence-corrected chi connectivity index (χ2v) is 12.0. The van der Waals surface area contributed by atoms with E-state index in [2.05, 4.69) is 15.0 Å². The van der Waals surface area contributed by atoms with Crippen LogP contribution in [0.3, 0.4) is 0 Å². The highest BCUT2D eigenvalue weighted by Gasteiger charge is 2.29. The van der Waals surface area contributed by atoms with Crippen LogP contribution in [0.2, 0.25) is 0 Å². The van der Waals surface area contributed by atoms with Crippen molar-refractivity contribution in [1.29, 1.82) is 0 Å². The van der Waals surface area contributed by atoms with Crippen molar-refractivity contribution in [2.24, 2.45) is 7.05 Å². The highest BCUT2D eigenvalue weighted by Crippen LogP contribution is 2.32. The molecule has 1 aliphatic rings. The van der Waals surface area contributed by atoms with Gasteiger partial charge < -0.3 is 24.8 Å². The topological polar surface area (TPSA) is 171 Å². The summed E-state index contributed by atoms with van der Waals surface area (Å²) in [6.07, 6.45) is 1.54. The van der Waals surface area contributed by atoms with Gasteiger partial charge in [0.1, 0.15) is 28.4 Å². The highest BCUT2D eigenvalue weighted by molar-refractivity contribution is 7.89. The normalized spacial score (nSPS) is 14.3. The van der Waals surface area contributed by atoms with Gasteiger partial charge in [-0.15, -0.1) is 0 Å². The summed E-state index contributed by atoms with van der Waals surface area (Å²) in [5.74, 6) is -0.594. The number of H-pyrrole nitrogens is 1. The zero-order chi connectivity index (χ0) is 31.3. The molecule has 3 N–H and O–H groups in total. The quantitative estimate of drug-likeness (QED) is 0.269. The molecule has 0 amide bonds. The molecule has 1 aliphatic heterocycles. The number of para-hydroxylation sites is 1. The van der Waals surface area contributed by atoms with E-state index in [0.29, 0.717) is 61.6 Å². The van der Waals surface area contributed by atoms with Gasteiger partial charge in [-0.2, -0.15) is 9.40 Å². The summed E-state index contributed by atoms with van der Waals surface area (Å²) < 4.78 is 35.4. The van der Waals surface area contributed by atoms with Gasteiger partial charge in [0, 0.05) is 33.2 Å². The first-order valence-corrected chi connectivity index (χ1v) is 15.3. The smallest absolute Gasteiger partial charge is 0.339 e. The fourth-order valence-corrected chi connectivity index (χ4v) is 6.20. The van der Waals surface area contributed by atoms with Crippen LogP contribution in [0.25, 0.3) is 22.4 Å². The minimum absolute atomic E-state index is 0.0671. The van der Waals surface area contributed by atoms with Crippen LogP contribution >= 0.6 is 0 Å². The van der Waals surface area contributed by atoms with Gasteiger partial charge in [-0.1, -0.05) is 25.5 Å². The Hall–Kier alpha value is -4.27. The monoisotopic (exact) mass is 612 g/mol. The number of aromatic hydroxyl groups is 1. The number of carboxylic acids is 1. The Morgan fingerprint density at radius 2 is 1.77 bits per heavy atom. The molecule has 43 heavy (non-hydrogen) atoms. The van der Waals surface area contributed by atoms with Crippen LogP contribution in [-0.4, -0.2) is 93.4 Å². The molecule has 0 unspecified atom stereocenters. The van der Waals surface area contributed by atoms with Gasteiger partial charge in [0.15, 0.2) is 5.52 Å². The molecule has 2 aromatic heterocycles. The van der Waals surface area contributed by atoms with Gasteiger partial charge in [0.25, 0.3) is 5.56 Å². The maximum absolute atomic E-state index is 13.3. The van der Waals surface area contributed by atoms with E-state index in [1.54, 1.807) is 37.4 Å². The number of aromatic nitrogens is 4. The number of carboxylic acid groups (broad SMARTS) is 1. The van der Waals surface area contributed by atoms with Crippen molar-refractivity contribution in [2.75, 3.05) is 39.8 Å². The standard InChI is InChI=1S/C22H30N6O4S.C7H6O3/c1-5-7-17-19-20(27(4)25-17)22(29)24-21(23-19)16-14-15(8-9-18(16)32-6-2)33(30,31)28-12-10-26(3)11-13-28;8-6-4-2-1-3-5(6)7(9)10/h8-9,14H,5-7,10-13H2,1-4H3,(H,23,24,29);1-4,8H,(H,9,10). The average Bonchev–Trinajstić information content (AvgIpc) is 3.29. The molecular formula is C29H36N6O7S. The number of carbonyl (C=O) groups is 1. The average molecular weight is 613 g/mol. The number of hydrogen-bond donors (Lipinski definition) is 3. The molecule has 230 valence electrons. The minimum atomic E-state index is -3.70. The van der Waals surface area contributed by atoms with Gasteiger partial charge in [-0.05, 0) is 50.7 Å². The van der Waals surface area contributed by atoms with Gasteiger partial charge in [-0.3, -0.25) is 9.48 Å². The number of benzene rings is 2. The number of hydrogen-bond acceptors (Lipinski definition) is 9. The first kappa shape index (κ1) is 31.7. The molecular weight excluding hydrogens is 576 g/mol. The predicted octanol–water partition coefficient (Wildman–Crippen LogP) is 2.70. The number of fused-ring (bicyclic) bond motifs is 1. The summed E-state index contributed by atoms with van der Waals surface area (Å²) in [4.78, 5) is 32.9. The van der Waals surface area contributed by atoms with E-state index in [0.717, 1.165) is 12.1 Å². The molecule has 5 rings (SSSR count). The number of sulfonamides is 1. The van der Waals surface area contributed by atoms with E-state index < -0.39 is 16.0 Å². The second-order valence-electron chi connectivity index (χ2n) is 10.1. The van der Waals surface area contributed by atoms with Crippen LogP contribution in [0.4, 0.5) is 0 Å².